The van der Waals surface area contributed by atoms with Gasteiger partial charge >= 0.3 is 12.1 Å². The molecule has 1 atom stereocenters. The van der Waals surface area contributed by atoms with Gasteiger partial charge in [-0.25, -0.2) is 9.59 Å². The maximum absolute atomic E-state index is 12.3. The number of aromatic hydroxyl groups is 1. The Bertz CT molecular complexity index is 1030. The highest BCUT2D eigenvalue weighted by Gasteiger charge is 2.30. The Morgan fingerprint density at radius 3 is 2.14 bits per heavy atom. The van der Waals surface area contributed by atoms with Crippen molar-refractivity contribution in [2.75, 3.05) is 6.61 Å². The van der Waals surface area contributed by atoms with E-state index in [0.717, 1.165) is 22.3 Å². The lowest BCUT2D eigenvalue weighted by molar-refractivity contribution is -0.139. The summed E-state index contributed by atoms with van der Waals surface area (Å²) in [5.41, 5.74) is 4.63. The molecule has 4 rings (SSSR count). The lowest BCUT2D eigenvalue weighted by atomic mass is 9.98. The van der Waals surface area contributed by atoms with Crippen LogP contribution in [0, 0.1) is 0 Å². The van der Waals surface area contributed by atoms with E-state index in [1.54, 1.807) is 0 Å². The third-order valence-corrected chi connectivity index (χ3v) is 5.06. The van der Waals surface area contributed by atoms with Crippen LogP contribution in [0.15, 0.2) is 72.8 Å². The Kier molecular flexibility index (Phi) is 4.91. The summed E-state index contributed by atoms with van der Waals surface area (Å²) < 4.78 is 5.40. The van der Waals surface area contributed by atoms with Crippen molar-refractivity contribution in [1.29, 1.82) is 0 Å². The molecule has 1 aliphatic rings. The third kappa shape index (κ3) is 3.65. The lowest BCUT2D eigenvalue weighted by Gasteiger charge is -2.18. The van der Waals surface area contributed by atoms with Gasteiger partial charge < -0.3 is 20.3 Å². The fraction of sp³-hybridized carbons (Fsp3) is 0.130. The zero-order valence-corrected chi connectivity index (χ0v) is 15.4. The van der Waals surface area contributed by atoms with Crippen LogP contribution in [0.5, 0.6) is 5.75 Å². The van der Waals surface area contributed by atoms with Gasteiger partial charge in [0.25, 0.3) is 0 Å². The maximum atomic E-state index is 12.3. The molecular weight excluding hydrogens is 370 g/mol. The quantitative estimate of drug-likeness (QED) is 0.612. The Balaban J connectivity index is 1.49. The van der Waals surface area contributed by atoms with E-state index in [0.29, 0.717) is 0 Å². The van der Waals surface area contributed by atoms with Crippen molar-refractivity contribution in [3.63, 3.8) is 0 Å². The van der Waals surface area contributed by atoms with E-state index in [-0.39, 0.29) is 23.8 Å². The number of carboxylic acids is 1. The summed E-state index contributed by atoms with van der Waals surface area (Å²) in [5.74, 6) is -1.44. The Morgan fingerprint density at radius 1 is 0.931 bits per heavy atom. The van der Waals surface area contributed by atoms with Gasteiger partial charge in [-0.3, -0.25) is 0 Å². The van der Waals surface area contributed by atoms with E-state index in [1.165, 1.54) is 24.3 Å². The van der Waals surface area contributed by atoms with Crippen molar-refractivity contribution < 1.29 is 24.5 Å². The van der Waals surface area contributed by atoms with E-state index in [2.05, 4.69) is 5.32 Å². The van der Waals surface area contributed by atoms with E-state index in [9.17, 15) is 19.8 Å². The number of amides is 1. The van der Waals surface area contributed by atoms with Crippen LogP contribution in [0.4, 0.5) is 4.79 Å². The predicted molar refractivity (Wildman–Crippen MR) is 107 cm³/mol. The molecular formula is C23H19NO5. The van der Waals surface area contributed by atoms with Gasteiger partial charge in [-0.05, 0) is 39.9 Å². The molecule has 6 heteroatoms. The number of phenolic OH excluding ortho intramolecular Hbond substituents is 1. The van der Waals surface area contributed by atoms with E-state index < -0.39 is 18.1 Å². The number of benzene rings is 3. The van der Waals surface area contributed by atoms with E-state index in [1.807, 2.05) is 48.5 Å². The number of fused-ring (bicyclic) bond motifs is 3. The molecule has 0 aliphatic heterocycles. The Labute approximate surface area is 167 Å². The minimum absolute atomic E-state index is 0.0805. The summed E-state index contributed by atoms with van der Waals surface area (Å²) in [4.78, 5) is 23.9. The average molecular weight is 389 g/mol. The first-order chi connectivity index (χ1) is 14.0. The first-order valence-corrected chi connectivity index (χ1v) is 9.18. The number of phenols is 1. The summed E-state index contributed by atoms with van der Waals surface area (Å²) >= 11 is 0. The van der Waals surface area contributed by atoms with Gasteiger partial charge in [-0.2, -0.15) is 0 Å². The van der Waals surface area contributed by atoms with Gasteiger partial charge in [0.15, 0.2) is 6.04 Å². The number of carbonyl (C=O) groups is 2. The summed E-state index contributed by atoms with van der Waals surface area (Å²) in [7, 11) is 0. The van der Waals surface area contributed by atoms with Crippen molar-refractivity contribution in [2.24, 2.45) is 0 Å². The molecule has 29 heavy (non-hydrogen) atoms. The number of alkyl carbamates (subject to hydrolysis) is 1. The highest BCUT2D eigenvalue weighted by atomic mass is 16.5. The minimum Gasteiger partial charge on any atom is -0.508 e. The molecule has 1 amide bonds. The summed E-state index contributed by atoms with van der Waals surface area (Å²) in [6, 6.07) is 20.4. The van der Waals surface area contributed by atoms with Crippen LogP contribution in [0.3, 0.4) is 0 Å². The minimum atomic E-state index is -1.32. The largest absolute Gasteiger partial charge is 0.508 e. The molecule has 3 aromatic rings. The van der Waals surface area contributed by atoms with Crippen molar-refractivity contribution in [3.8, 4) is 16.9 Å². The molecule has 0 saturated carbocycles. The molecule has 0 fully saturated rings. The Hall–Kier alpha value is -3.80. The average Bonchev–Trinajstić information content (AvgIpc) is 3.04. The number of ether oxygens (including phenoxy) is 1. The van der Waals surface area contributed by atoms with Crippen molar-refractivity contribution in [2.45, 2.75) is 12.0 Å². The van der Waals surface area contributed by atoms with Gasteiger partial charge in [0.1, 0.15) is 12.4 Å². The molecule has 0 radical (unpaired) electrons. The zero-order chi connectivity index (χ0) is 20.4. The summed E-state index contributed by atoms with van der Waals surface area (Å²) in [5, 5.41) is 21.4. The normalized spacial score (nSPS) is 13.2. The summed E-state index contributed by atoms with van der Waals surface area (Å²) in [6.07, 6.45) is -0.831. The molecule has 0 spiro atoms. The fourth-order valence-corrected chi connectivity index (χ4v) is 3.75. The molecule has 0 heterocycles. The van der Waals surface area contributed by atoms with Crippen LogP contribution in [-0.2, 0) is 9.53 Å². The lowest BCUT2D eigenvalue weighted by Crippen LogP contribution is -2.34. The van der Waals surface area contributed by atoms with Gasteiger partial charge in [-0.1, -0.05) is 60.7 Å². The third-order valence-electron chi connectivity index (χ3n) is 5.06. The molecule has 0 saturated heterocycles. The molecule has 0 bridgehead atoms. The first-order valence-electron chi connectivity index (χ1n) is 9.18. The second kappa shape index (κ2) is 7.67. The van der Waals surface area contributed by atoms with Crippen LogP contribution in [0.1, 0.15) is 28.7 Å². The number of hydrogen-bond donors (Lipinski definition) is 3. The molecule has 6 nitrogen and oxygen atoms in total. The van der Waals surface area contributed by atoms with Crippen molar-refractivity contribution in [3.05, 3.63) is 89.5 Å². The number of hydrogen-bond acceptors (Lipinski definition) is 4. The molecule has 0 unspecified atom stereocenters. The van der Waals surface area contributed by atoms with Crippen LogP contribution in [0.2, 0.25) is 0 Å². The number of nitrogens with one attached hydrogen (secondary N) is 1. The van der Waals surface area contributed by atoms with Crippen LogP contribution < -0.4 is 5.32 Å². The van der Waals surface area contributed by atoms with Crippen LogP contribution in [-0.4, -0.2) is 28.9 Å². The standard InChI is InChI=1S/C23H19NO5/c25-15-7-5-6-14(12-15)21(22(26)27)24-23(28)29-13-20-18-10-3-1-8-16(18)17-9-2-4-11-19(17)20/h1-12,20-21,25H,13H2,(H,24,28)(H,26,27)/t21-/m1/s1. The number of aliphatic carboxylic acids is 1. The monoisotopic (exact) mass is 389 g/mol. The molecule has 0 aromatic heterocycles. The van der Waals surface area contributed by atoms with Gasteiger partial charge in [0, 0.05) is 5.92 Å². The van der Waals surface area contributed by atoms with E-state index >= 15 is 0 Å². The first kappa shape index (κ1) is 18.6. The molecule has 146 valence electrons. The van der Waals surface area contributed by atoms with Crippen LogP contribution >= 0.6 is 0 Å². The van der Waals surface area contributed by atoms with Crippen molar-refractivity contribution in [1.82, 2.24) is 5.32 Å². The number of carbonyl (C=O) groups excluding carboxylic acids is 1. The highest BCUT2D eigenvalue weighted by Crippen LogP contribution is 2.44. The smallest absolute Gasteiger partial charge is 0.408 e. The van der Waals surface area contributed by atoms with Gasteiger partial charge in [0.2, 0.25) is 0 Å². The zero-order valence-electron chi connectivity index (χ0n) is 15.4. The second-order valence-corrected chi connectivity index (χ2v) is 6.84. The number of carboxylic acid groups (broad SMARTS) is 1. The fourth-order valence-electron chi connectivity index (χ4n) is 3.75. The van der Waals surface area contributed by atoms with Crippen LogP contribution in [0.25, 0.3) is 11.1 Å². The van der Waals surface area contributed by atoms with Gasteiger partial charge in [0.05, 0.1) is 0 Å². The highest BCUT2D eigenvalue weighted by molar-refractivity contribution is 5.82. The SMILES string of the molecule is O=C(N[C@@H](C(=O)O)c1cccc(O)c1)OCC1c2ccccc2-c2ccccc21. The second-order valence-electron chi connectivity index (χ2n) is 6.84. The molecule has 3 aromatic carbocycles. The van der Waals surface area contributed by atoms with Crippen molar-refractivity contribution >= 4 is 12.1 Å². The van der Waals surface area contributed by atoms with E-state index in [4.69, 9.17) is 4.74 Å². The van der Waals surface area contributed by atoms with Gasteiger partial charge in [-0.15, -0.1) is 0 Å². The maximum Gasteiger partial charge on any atom is 0.408 e. The topological polar surface area (TPSA) is 95.9 Å². The Morgan fingerprint density at radius 2 is 1.55 bits per heavy atom. The predicted octanol–water partition coefficient (Wildman–Crippen LogP) is 4.06. The molecule has 1 aliphatic carbocycles. The molecule has 3 N–H and O–H groups in total. The summed E-state index contributed by atoms with van der Waals surface area (Å²) in [6.45, 7) is 0.0895. The number of rotatable bonds is 5.